The van der Waals surface area contributed by atoms with Gasteiger partial charge in [-0.2, -0.15) is 0 Å². The van der Waals surface area contributed by atoms with Gasteiger partial charge in [0, 0.05) is 19.1 Å². The minimum atomic E-state index is -0.614. The number of nitrogens with one attached hydrogen (secondary N) is 2. The number of carbonyl (C=O) groups excluding carboxylic acids is 3. The number of ether oxygens (including phenoxy) is 1. The van der Waals surface area contributed by atoms with Crippen molar-refractivity contribution in [3.05, 3.63) is 48.0 Å². The van der Waals surface area contributed by atoms with Gasteiger partial charge in [0.1, 0.15) is 11.6 Å². The molecule has 7 heteroatoms. The minimum Gasteiger partial charge on any atom is -0.444 e. The molecular weight excluding hydrogens is 430 g/mol. The van der Waals surface area contributed by atoms with Crippen LogP contribution in [-0.2, 0) is 20.7 Å². The van der Waals surface area contributed by atoms with Gasteiger partial charge in [-0.05, 0) is 55.9 Å². The van der Waals surface area contributed by atoms with Crippen molar-refractivity contribution in [3.63, 3.8) is 0 Å². The molecule has 7 nitrogen and oxygen atoms in total. The Morgan fingerprint density at radius 3 is 2.29 bits per heavy atom. The van der Waals surface area contributed by atoms with Crippen LogP contribution >= 0.6 is 0 Å². The predicted octanol–water partition coefficient (Wildman–Crippen LogP) is 4.04. The quantitative estimate of drug-likeness (QED) is 0.671. The molecule has 1 saturated heterocycles. The summed E-state index contributed by atoms with van der Waals surface area (Å²) in [4.78, 5) is 39.7. The van der Waals surface area contributed by atoms with Crippen molar-refractivity contribution in [3.8, 4) is 0 Å². The summed E-state index contributed by atoms with van der Waals surface area (Å²) in [6, 6.07) is 13.3. The van der Waals surface area contributed by atoms with Crippen molar-refractivity contribution in [2.24, 2.45) is 5.92 Å². The maximum atomic E-state index is 13.0. The summed E-state index contributed by atoms with van der Waals surface area (Å²) < 4.78 is 5.43. The number of likely N-dealkylation sites (tertiary alicyclic amines) is 1. The molecule has 1 aliphatic heterocycles. The Hall–Kier alpha value is -3.09. The Balaban J connectivity index is 1.52. The van der Waals surface area contributed by atoms with Crippen molar-refractivity contribution in [1.29, 1.82) is 0 Å². The van der Waals surface area contributed by atoms with E-state index in [-0.39, 0.29) is 36.3 Å². The van der Waals surface area contributed by atoms with Crippen LogP contribution in [0.5, 0.6) is 0 Å². The zero-order valence-electron chi connectivity index (χ0n) is 20.9. The molecule has 0 aromatic heterocycles. The van der Waals surface area contributed by atoms with E-state index in [0.29, 0.717) is 25.9 Å². The van der Waals surface area contributed by atoms with Crippen LogP contribution in [0.15, 0.2) is 42.5 Å². The second kappa shape index (κ2) is 10.9. The lowest BCUT2D eigenvalue weighted by molar-refractivity contribution is -0.130. The summed E-state index contributed by atoms with van der Waals surface area (Å²) >= 11 is 0. The van der Waals surface area contributed by atoms with E-state index >= 15 is 0 Å². The Bertz CT molecular complexity index is 1020. The first-order valence-electron chi connectivity index (χ1n) is 12.1. The molecule has 3 rings (SSSR count). The zero-order chi connectivity index (χ0) is 24.9. The number of hydrogen-bond acceptors (Lipinski definition) is 4. The van der Waals surface area contributed by atoms with Gasteiger partial charge in [-0.25, -0.2) is 4.79 Å². The largest absolute Gasteiger partial charge is 0.444 e. The summed E-state index contributed by atoms with van der Waals surface area (Å²) in [5.74, 6) is -0.413. The van der Waals surface area contributed by atoms with Crippen molar-refractivity contribution in [2.45, 2.75) is 71.6 Å². The maximum absolute atomic E-state index is 13.0. The summed E-state index contributed by atoms with van der Waals surface area (Å²) in [5, 5.41) is 8.20. The first-order valence-corrected chi connectivity index (χ1v) is 12.1. The first-order chi connectivity index (χ1) is 16.0. The third kappa shape index (κ3) is 7.20. The zero-order valence-corrected chi connectivity index (χ0v) is 20.9. The number of carbonyl (C=O) groups is 3. The number of piperidine rings is 1. The van der Waals surface area contributed by atoms with Crippen LogP contribution in [0.25, 0.3) is 10.8 Å². The molecule has 2 N–H and O–H groups in total. The number of amides is 3. The van der Waals surface area contributed by atoms with E-state index in [1.165, 1.54) is 0 Å². The van der Waals surface area contributed by atoms with E-state index < -0.39 is 11.6 Å². The van der Waals surface area contributed by atoms with E-state index in [0.717, 1.165) is 16.3 Å². The van der Waals surface area contributed by atoms with Gasteiger partial charge in [-0.3, -0.25) is 9.59 Å². The average Bonchev–Trinajstić information content (AvgIpc) is 2.76. The molecule has 2 aromatic carbocycles. The molecule has 2 aromatic rings. The molecule has 184 valence electrons. The second-order valence-electron chi connectivity index (χ2n) is 10.4. The third-order valence-corrected chi connectivity index (χ3v) is 5.94. The molecule has 0 radical (unpaired) electrons. The summed E-state index contributed by atoms with van der Waals surface area (Å²) in [6.45, 7) is 10.4. The smallest absolute Gasteiger partial charge is 0.410 e. The lowest BCUT2D eigenvalue weighted by atomic mass is 10.00. The normalized spacial score (nSPS) is 15.8. The van der Waals surface area contributed by atoms with Gasteiger partial charge >= 0.3 is 6.09 Å². The number of hydrogen-bond donors (Lipinski definition) is 2. The van der Waals surface area contributed by atoms with E-state index in [4.69, 9.17) is 4.74 Å². The summed E-state index contributed by atoms with van der Waals surface area (Å²) in [7, 11) is 0. The highest BCUT2D eigenvalue weighted by atomic mass is 16.6. The third-order valence-electron chi connectivity index (χ3n) is 5.94. The topological polar surface area (TPSA) is 87.7 Å². The van der Waals surface area contributed by atoms with Crippen molar-refractivity contribution in [2.75, 3.05) is 13.1 Å². The number of benzene rings is 2. The molecule has 0 saturated carbocycles. The molecule has 0 aliphatic carbocycles. The fourth-order valence-corrected chi connectivity index (χ4v) is 4.12. The van der Waals surface area contributed by atoms with Gasteiger partial charge in [-0.1, -0.05) is 56.3 Å². The van der Waals surface area contributed by atoms with Crippen molar-refractivity contribution >= 4 is 28.7 Å². The molecule has 34 heavy (non-hydrogen) atoms. The SMILES string of the molecule is CC(C)C(NC(=O)Cc1ccc2ccccc2c1)C(=O)NC1CCN(C(=O)OC(C)(C)C)CC1. The van der Waals surface area contributed by atoms with Crippen molar-refractivity contribution in [1.82, 2.24) is 15.5 Å². The highest BCUT2D eigenvalue weighted by Crippen LogP contribution is 2.17. The fraction of sp³-hybridized carbons (Fsp3) is 0.519. The fourth-order valence-electron chi connectivity index (χ4n) is 4.12. The van der Waals surface area contributed by atoms with Gasteiger partial charge in [0.25, 0.3) is 0 Å². The van der Waals surface area contributed by atoms with Gasteiger partial charge in [-0.15, -0.1) is 0 Å². The minimum absolute atomic E-state index is 0.0372. The average molecular weight is 468 g/mol. The first kappa shape index (κ1) is 25.5. The maximum Gasteiger partial charge on any atom is 0.410 e. The molecule has 3 amide bonds. The Labute approximate surface area is 202 Å². The number of rotatable bonds is 6. The molecule has 1 aliphatic rings. The van der Waals surface area contributed by atoms with Crippen LogP contribution in [0, 0.1) is 5.92 Å². The van der Waals surface area contributed by atoms with Crippen molar-refractivity contribution < 1.29 is 19.1 Å². The van der Waals surface area contributed by atoms with Gasteiger partial charge in [0.05, 0.1) is 6.42 Å². The highest BCUT2D eigenvalue weighted by Gasteiger charge is 2.30. The summed E-state index contributed by atoms with van der Waals surface area (Å²) in [5.41, 5.74) is 0.381. The molecular formula is C27H37N3O4. The number of fused-ring (bicyclic) bond motifs is 1. The Morgan fingerprint density at radius 1 is 1.03 bits per heavy atom. The Morgan fingerprint density at radius 2 is 1.68 bits per heavy atom. The second-order valence-corrected chi connectivity index (χ2v) is 10.4. The van der Waals surface area contributed by atoms with Crippen LogP contribution in [0.4, 0.5) is 4.79 Å². The molecule has 1 fully saturated rings. The molecule has 1 heterocycles. The lowest BCUT2D eigenvalue weighted by Crippen LogP contribution is -2.54. The molecule has 1 atom stereocenters. The van der Waals surface area contributed by atoms with E-state index in [9.17, 15) is 14.4 Å². The van der Waals surface area contributed by atoms with E-state index in [1.54, 1.807) is 4.90 Å². The lowest BCUT2D eigenvalue weighted by Gasteiger charge is -2.34. The predicted molar refractivity (Wildman–Crippen MR) is 133 cm³/mol. The van der Waals surface area contributed by atoms with Crippen LogP contribution in [0.3, 0.4) is 0 Å². The molecule has 0 spiro atoms. The Kier molecular flexibility index (Phi) is 8.18. The monoisotopic (exact) mass is 467 g/mol. The van der Waals surface area contributed by atoms with E-state index in [2.05, 4.69) is 10.6 Å². The van der Waals surface area contributed by atoms with Gasteiger partial charge < -0.3 is 20.3 Å². The summed E-state index contributed by atoms with van der Waals surface area (Å²) in [6.07, 6.45) is 1.20. The van der Waals surface area contributed by atoms with Gasteiger partial charge in [0.2, 0.25) is 11.8 Å². The standard InChI is InChI=1S/C27H37N3O4/c1-18(2)24(29-23(31)17-19-10-11-20-8-6-7-9-21(20)16-19)25(32)28-22-12-14-30(15-13-22)26(33)34-27(3,4)5/h6-11,16,18,22,24H,12-15,17H2,1-5H3,(H,28,32)(H,29,31). The van der Waals surface area contributed by atoms with Crippen LogP contribution in [0.2, 0.25) is 0 Å². The van der Waals surface area contributed by atoms with Gasteiger partial charge in [0.15, 0.2) is 0 Å². The highest BCUT2D eigenvalue weighted by molar-refractivity contribution is 5.90. The van der Waals surface area contributed by atoms with Crippen LogP contribution in [0.1, 0.15) is 53.0 Å². The molecule has 1 unspecified atom stereocenters. The van der Waals surface area contributed by atoms with Crippen LogP contribution in [-0.4, -0.2) is 53.6 Å². The van der Waals surface area contributed by atoms with E-state index in [1.807, 2.05) is 77.1 Å². The van der Waals surface area contributed by atoms with Crippen LogP contribution < -0.4 is 10.6 Å². The number of nitrogens with zero attached hydrogens (tertiary/aromatic N) is 1. The molecule has 0 bridgehead atoms.